The van der Waals surface area contributed by atoms with Crippen molar-refractivity contribution in [1.29, 1.82) is 0 Å². The number of nitrogens with one attached hydrogen (secondary N) is 2. The minimum atomic E-state index is 0.643. The van der Waals surface area contributed by atoms with Gasteiger partial charge in [0.15, 0.2) is 0 Å². The second kappa shape index (κ2) is 11.3. The lowest BCUT2D eigenvalue weighted by molar-refractivity contribution is 0.392. The highest BCUT2D eigenvalue weighted by atomic mass is 16.5. The Morgan fingerprint density at radius 1 is 0.750 bits per heavy atom. The Morgan fingerprint density at radius 2 is 1.44 bits per heavy atom. The van der Waals surface area contributed by atoms with E-state index in [0.29, 0.717) is 12.4 Å². The third-order valence-corrected chi connectivity index (χ3v) is 6.53. The van der Waals surface area contributed by atoms with Gasteiger partial charge in [0.05, 0.1) is 25.6 Å². The van der Waals surface area contributed by atoms with Gasteiger partial charge in [-0.1, -0.05) is 36.4 Å². The minimum absolute atomic E-state index is 0.643. The van der Waals surface area contributed by atoms with Crippen LogP contribution in [0.3, 0.4) is 0 Å². The zero-order valence-corrected chi connectivity index (χ0v) is 21.9. The number of ether oxygens (including phenoxy) is 2. The van der Waals surface area contributed by atoms with Gasteiger partial charge in [-0.2, -0.15) is 0 Å². The Morgan fingerprint density at radius 3 is 2.17 bits per heavy atom. The van der Waals surface area contributed by atoms with E-state index >= 15 is 0 Å². The molecule has 4 rings (SSSR count). The highest BCUT2D eigenvalue weighted by molar-refractivity contribution is 5.82. The Bertz CT molecular complexity index is 1260. The van der Waals surface area contributed by atoms with Crippen molar-refractivity contribution in [3.63, 3.8) is 0 Å². The molecule has 6 nitrogen and oxygen atoms in total. The van der Waals surface area contributed by atoms with Gasteiger partial charge in [0.25, 0.3) is 0 Å². The molecule has 4 aromatic rings. The van der Waals surface area contributed by atoms with Crippen LogP contribution in [0.15, 0.2) is 60.8 Å². The van der Waals surface area contributed by atoms with Gasteiger partial charge in [-0.3, -0.25) is 4.98 Å². The molecule has 0 bridgehead atoms. The molecule has 0 atom stereocenters. The van der Waals surface area contributed by atoms with Gasteiger partial charge in [0.1, 0.15) is 5.75 Å². The van der Waals surface area contributed by atoms with Gasteiger partial charge in [-0.25, -0.2) is 4.98 Å². The summed E-state index contributed by atoms with van der Waals surface area (Å²) in [6.07, 6.45) is 1.88. The summed E-state index contributed by atoms with van der Waals surface area (Å²) >= 11 is 0. The highest BCUT2D eigenvalue weighted by Gasteiger charge is 2.16. The molecule has 0 saturated heterocycles. The summed E-state index contributed by atoms with van der Waals surface area (Å²) in [7, 11) is 7.22. The lowest BCUT2D eigenvalue weighted by atomic mass is 9.91. The number of rotatable bonds is 9. The maximum Gasteiger partial charge on any atom is 0.218 e. The summed E-state index contributed by atoms with van der Waals surface area (Å²) in [6.45, 7) is 5.73. The van der Waals surface area contributed by atoms with Crippen LogP contribution in [0.5, 0.6) is 11.6 Å². The number of pyridine rings is 2. The zero-order chi connectivity index (χ0) is 25.7. The second-order valence-electron chi connectivity index (χ2n) is 8.76. The summed E-state index contributed by atoms with van der Waals surface area (Å²) in [5.41, 5.74) is 10.7. The first-order valence-corrected chi connectivity index (χ1v) is 12.1. The molecule has 0 aliphatic heterocycles. The molecule has 2 heterocycles. The van der Waals surface area contributed by atoms with Gasteiger partial charge in [-0.05, 0) is 68.4 Å². The zero-order valence-electron chi connectivity index (χ0n) is 21.9. The molecule has 0 fully saturated rings. The average Bonchev–Trinajstić information content (AvgIpc) is 2.90. The lowest BCUT2D eigenvalue weighted by Gasteiger charge is -2.17. The fourth-order valence-corrected chi connectivity index (χ4v) is 4.67. The van der Waals surface area contributed by atoms with Crippen molar-refractivity contribution in [2.45, 2.75) is 26.9 Å². The van der Waals surface area contributed by atoms with E-state index in [0.717, 1.165) is 68.2 Å². The minimum Gasteiger partial charge on any atom is -0.496 e. The van der Waals surface area contributed by atoms with Crippen LogP contribution in [0.1, 0.15) is 22.3 Å². The molecule has 36 heavy (non-hydrogen) atoms. The van der Waals surface area contributed by atoms with E-state index in [1.165, 1.54) is 0 Å². The van der Waals surface area contributed by atoms with Crippen molar-refractivity contribution in [3.05, 3.63) is 83.0 Å². The molecule has 186 valence electrons. The van der Waals surface area contributed by atoms with Crippen molar-refractivity contribution >= 4 is 0 Å². The van der Waals surface area contributed by atoms with Gasteiger partial charge < -0.3 is 20.1 Å². The fourth-order valence-electron chi connectivity index (χ4n) is 4.67. The molecular weight excluding hydrogens is 448 g/mol. The van der Waals surface area contributed by atoms with E-state index in [9.17, 15) is 0 Å². The SMILES string of the molecule is CNCc1ccc(-c2nccc(-c3cccc(-c4ccc(CNC)c(OC)n4)c3C)c2C)cc1OC. The largest absolute Gasteiger partial charge is 0.496 e. The normalized spacial score (nSPS) is 10.9. The van der Waals surface area contributed by atoms with E-state index in [1.54, 1.807) is 14.2 Å². The number of aromatic nitrogens is 2. The number of benzene rings is 2. The quantitative estimate of drug-likeness (QED) is 0.326. The number of hydrogen-bond acceptors (Lipinski definition) is 6. The molecular formula is C30H34N4O2. The van der Waals surface area contributed by atoms with Crippen LogP contribution in [-0.4, -0.2) is 38.3 Å². The molecule has 0 aliphatic carbocycles. The van der Waals surface area contributed by atoms with Gasteiger partial charge in [0.2, 0.25) is 5.88 Å². The molecule has 0 radical (unpaired) electrons. The van der Waals surface area contributed by atoms with Crippen LogP contribution in [0, 0.1) is 13.8 Å². The number of nitrogens with zero attached hydrogens (tertiary/aromatic N) is 2. The van der Waals surface area contributed by atoms with E-state index in [-0.39, 0.29) is 0 Å². The van der Waals surface area contributed by atoms with Crippen LogP contribution in [0.2, 0.25) is 0 Å². The van der Waals surface area contributed by atoms with Crippen LogP contribution in [0.25, 0.3) is 33.6 Å². The molecule has 2 aromatic carbocycles. The number of hydrogen-bond donors (Lipinski definition) is 2. The van der Waals surface area contributed by atoms with E-state index in [1.807, 2.05) is 20.3 Å². The Balaban J connectivity index is 1.78. The summed E-state index contributed by atoms with van der Waals surface area (Å²) in [6, 6.07) is 18.9. The number of methoxy groups -OCH3 is 2. The monoisotopic (exact) mass is 482 g/mol. The molecule has 0 unspecified atom stereocenters. The van der Waals surface area contributed by atoms with Crippen molar-refractivity contribution in [1.82, 2.24) is 20.6 Å². The van der Waals surface area contributed by atoms with Crippen LogP contribution in [0.4, 0.5) is 0 Å². The van der Waals surface area contributed by atoms with E-state index in [4.69, 9.17) is 19.4 Å². The first-order chi connectivity index (χ1) is 17.5. The predicted octanol–water partition coefficient (Wildman–Crippen LogP) is 5.55. The van der Waals surface area contributed by atoms with Crippen molar-refractivity contribution in [2.24, 2.45) is 0 Å². The van der Waals surface area contributed by atoms with Gasteiger partial charge >= 0.3 is 0 Å². The first-order valence-electron chi connectivity index (χ1n) is 12.1. The molecule has 0 aliphatic rings. The third-order valence-electron chi connectivity index (χ3n) is 6.53. The van der Waals surface area contributed by atoms with Crippen LogP contribution < -0.4 is 20.1 Å². The van der Waals surface area contributed by atoms with Crippen LogP contribution in [-0.2, 0) is 13.1 Å². The standard InChI is InChI=1S/C30H34N4O2/c1-19-24(8-7-9-26(19)27-13-12-23(18-32-4)30(34-27)36-6)25-14-15-33-29(20(25)2)21-10-11-22(17-31-3)28(16-21)35-5/h7-16,31-32H,17-18H2,1-6H3. The smallest absolute Gasteiger partial charge is 0.218 e. The van der Waals surface area contributed by atoms with Crippen LogP contribution >= 0.6 is 0 Å². The molecule has 0 saturated carbocycles. The van der Waals surface area contributed by atoms with E-state index in [2.05, 4.69) is 79.1 Å². The summed E-state index contributed by atoms with van der Waals surface area (Å²) in [5.74, 6) is 1.50. The third kappa shape index (κ3) is 4.96. The summed E-state index contributed by atoms with van der Waals surface area (Å²) in [4.78, 5) is 9.55. The lowest BCUT2D eigenvalue weighted by Crippen LogP contribution is -2.08. The van der Waals surface area contributed by atoms with Gasteiger partial charge in [-0.15, -0.1) is 0 Å². The molecule has 0 amide bonds. The first kappa shape index (κ1) is 25.4. The van der Waals surface area contributed by atoms with Gasteiger partial charge in [0, 0.05) is 41.5 Å². The Hall–Kier alpha value is -3.74. The van der Waals surface area contributed by atoms with Crippen molar-refractivity contribution in [3.8, 4) is 45.3 Å². The second-order valence-corrected chi connectivity index (χ2v) is 8.76. The maximum atomic E-state index is 5.65. The molecule has 2 N–H and O–H groups in total. The fraction of sp³-hybridized carbons (Fsp3) is 0.267. The summed E-state index contributed by atoms with van der Waals surface area (Å²) in [5, 5.41) is 6.35. The van der Waals surface area contributed by atoms with E-state index < -0.39 is 0 Å². The maximum absolute atomic E-state index is 5.65. The topological polar surface area (TPSA) is 68.3 Å². The summed E-state index contributed by atoms with van der Waals surface area (Å²) < 4.78 is 11.2. The molecule has 0 spiro atoms. The Labute approximate surface area is 213 Å². The predicted molar refractivity (Wildman–Crippen MR) is 146 cm³/mol. The molecule has 2 aromatic heterocycles. The molecule has 6 heteroatoms. The van der Waals surface area contributed by atoms with Crippen molar-refractivity contribution < 1.29 is 9.47 Å². The highest BCUT2D eigenvalue weighted by Crippen LogP contribution is 2.37. The van der Waals surface area contributed by atoms with Crippen molar-refractivity contribution in [2.75, 3.05) is 28.3 Å². The average molecular weight is 483 g/mol. The Kier molecular flexibility index (Phi) is 7.98.